The molecular formula is C22H26N2OS. The van der Waals surface area contributed by atoms with Crippen molar-refractivity contribution < 1.29 is 4.79 Å². The lowest BCUT2D eigenvalue weighted by Gasteiger charge is -2.52. The van der Waals surface area contributed by atoms with Gasteiger partial charge < -0.3 is 5.32 Å². The van der Waals surface area contributed by atoms with E-state index in [0.29, 0.717) is 17.5 Å². The highest BCUT2D eigenvalue weighted by Crippen LogP contribution is 2.54. The Hall–Kier alpha value is -1.39. The van der Waals surface area contributed by atoms with Gasteiger partial charge in [0.25, 0.3) is 5.91 Å². The van der Waals surface area contributed by atoms with Crippen LogP contribution in [0.15, 0.2) is 18.2 Å². The highest BCUT2D eigenvalue weighted by atomic mass is 32.1. The van der Waals surface area contributed by atoms with Crippen molar-refractivity contribution in [3.05, 3.63) is 34.2 Å². The van der Waals surface area contributed by atoms with Crippen LogP contribution in [-0.4, -0.2) is 35.5 Å². The smallest absolute Gasteiger partial charge is 0.261 e. The number of rotatable bonds is 3. The molecule has 1 unspecified atom stereocenters. The summed E-state index contributed by atoms with van der Waals surface area (Å²) in [5.74, 6) is 1.57. The van der Waals surface area contributed by atoms with Gasteiger partial charge in [-0.1, -0.05) is 12.1 Å². The first-order valence-electron chi connectivity index (χ1n) is 10.2. The molecule has 1 aromatic carbocycles. The summed E-state index contributed by atoms with van der Waals surface area (Å²) in [5.41, 5.74) is 3.21. The molecule has 2 saturated carbocycles. The van der Waals surface area contributed by atoms with Gasteiger partial charge in [-0.05, 0) is 93.0 Å². The van der Waals surface area contributed by atoms with E-state index in [9.17, 15) is 4.79 Å². The van der Waals surface area contributed by atoms with E-state index in [-0.39, 0.29) is 5.91 Å². The van der Waals surface area contributed by atoms with Crippen LogP contribution < -0.4 is 5.32 Å². The summed E-state index contributed by atoms with van der Waals surface area (Å²) < 4.78 is 1.35. The minimum absolute atomic E-state index is 0.163. The lowest BCUT2D eigenvalue weighted by atomic mass is 9.77. The maximum Gasteiger partial charge on any atom is 0.261 e. The molecule has 1 spiro atoms. The first kappa shape index (κ1) is 15.6. The predicted octanol–water partition coefficient (Wildman–Crippen LogP) is 4.44. The quantitative estimate of drug-likeness (QED) is 0.871. The number of hydrogen-bond acceptors (Lipinski definition) is 3. The number of hydrogen-bond donors (Lipinski definition) is 1. The maximum atomic E-state index is 13.1. The molecule has 26 heavy (non-hydrogen) atoms. The fourth-order valence-electron chi connectivity index (χ4n) is 5.75. The molecule has 3 aliphatic heterocycles. The zero-order valence-electron chi connectivity index (χ0n) is 15.4. The summed E-state index contributed by atoms with van der Waals surface area (Å²) in [7, 11) is 0. The number of carbonyl (C=O) groups is 1. The van der Waals surface area contributed by atoms with Crippen molar-refractivity contribution in [2.45, 2.75) is 62.9 Å². The Bertz CT molecular complexity index is 900. The predicted molar refractivity (Wildman–Crippen MR) is 106 cm³/mol. The van der Waals surface area contributed by atoms with E-state index in [1.807, 2.05) is 0 Å². The fourth-order valence-corrected chi connectivity index (χ4v) is 6.99. The third kappa shape index (κ3) is 2.18. The van der Waals surface area contributed by atoms with Crippen LogP contribution in [0.2, 0.25) is 0 Å². The molecule has 0 radical (unpaired) electrons. The molecule has 1 amide bonds. The van der Waals surface area contributed by atoms with E-state index in [0.717, 1.165) is 10.8 Å². The number of benzene rings is 1. The van der Waals surface area contributed by atoms with Crippen LogP contribution in [0.4, 0.5) is 0 Å². The Morgan fingerprint density at radius 2 is 1.96 bits per heavy atom. The van der Waals surface area contributed by atoms with Crippen molar-refractivity contribution in [1.82, 2.24) is 10.2 Å². The number of nitrogens with zero attached hydrogens (tertiary/aromatic N) is 1. The molecule has 1 aromatic heterocycles. The van der Waals surface area contributed by atoms with Crippen LogP contribution in [0.3, 0.4) is 0 Å². The van der Waals surface area contributed by atoms with E-state index in [1.54, 1.807) is 11.3 Å². The Labute approximate surface area is 158 Å². The minimum atomic E-state index is 0.163. The Morgan fingerprint density at radius 3 is 2.65 bits per heavy atom. The molecule has 4 heteroatoms. The average molecular weight is 367 g/mol. The molecule has 5 aliphatic rings. The Balaban J connectivity index is 1.32. The molecule has 5 fully saturated rings. The maximum absolute atomic E-state index is 13.1. The number of thiophene rings is 1. The van der Waals surface area contributed by atoms with Crippen molar-refractivity contribution in [2.24, 2.45) is 5.92 Å². The lowest BCUT2D eigenvalue weighted by molar-refractivity contribution is -0.00138. The van der Waals surface area contributed by atoms with Gasteiger partial charge in [-0.2, -0.15) is 0 Å². The monoisotopic (exact) mass is 366 g/mol. The number of amides is 1. The number of fused-ring (bicyclic) bond motifs is 3. The number of carbonyl (C=O) groups excluding carboxylic acids is 1. The standard InChI is InChI=1S/C22H26N2OS/c1-13-2-3-16-12-17(26-19(16)18(13)14-4-5-14)21(25)23-20-15-6-10-24(11-7-15)22(20)8-9-22/h2-3,12,14-15,20H,4-11H2,1H3,(H,23,25). The fraction of sp³-hybridized carbons (Fsp3) is 0.591. The zero-order valence-corrected chi connectivity index (χ0v) is 16.2. The summed E-state index contributed by atoms with van der Waals surface area (Å²) >= 11 is 1.72. The van der Waals surface area contributed by atoms with Gasteiger partial charge in [0, 0.05) is 10.2 Å². The van der Waals surface area contributed by atoms with E-state index in [1.165, 1.54) is 72.8 Å². The molecule has 2 bridgehead atoms. The lowest BCUT2D eigenvalue weighted by Crippen LogP contribution is -2.65. The molecule has 4 heterocycles. The zero-order chi connectivity index (χ0) is 17.5. The van der Waals surface area contributed by atoms with Gasteiger partial charge in [-0.3, -0.25) is 9.69 Å². The van der Waals surface area contributed by atoms with Crippen LogP contribution in [-0.2, 0) is 0 Å². The summed E-state index contributed by atoms with van der Waals surface area (Å²) in [6.45, 7) is 4.70. The first-order valence-corrected chi connectivity index (χ1v) is 11.1. The second-order valence-corrected chi connectivity index (χ2v) is 10.0. The second-order valence-electron chi connectivity index (χ2n) is 8.98. The van der Waals surface area contributed by atoms with Crippen LogP contribution >= 0.6 is 11.3 Å². The third-order valence-electron chi connectivity index (χ3n) is 7.42. The third-order valence-corrected chi connectivity index (χ3v) is 8.60. The normalized spacial score (nSPS) is 31.5. The topological polar surface area (TPSA) is 32.3 Å². The molecule has 136 valence electrons. The van der Waals surface area contributed by atoms with Gasteiger partial charge in [0.05, 0.1) is 10.9 Å². The van der Waals surface area contributed by atoms with Crippen LogP contribution in [0.25, 0.3) is 10.1 Å². The van der Waals surface area contributed by atoms with Gasteiger partial charge in [-0.25, -0.2) is 0 Å². The molecular weight excluding hydrogens is 340 g/mol. The number of aryl methyl sites for hydroxylation is 1. The van der Waals surface area contributed by atoms with Crippen LogP contribution in [0, 0.1) is 12.8 Å². The van der Waals surface area contributed by atoms with Gasteiger partial charge in [-0.15, -0.1) is 11.3 Å². The first-order chi connectivity index (χ1) is 12.7. The Morgan fingerprint density at radius 1 is 1.19 bits per heavy atom. The molecule has 1 N–H and O–H groups in total. The van der Waals surface area contributed by atoms with E-state index >= 15 is 0 Å². The number of piperidine rings is 3. The highest BCUT2D eigenvalue weighted by Gasteiger charge is 2.60. The largest absolute Gasteiger partial charge is 0.346 e. The highest BCUT2D eigenvalue weighted by molar-refractivity contribution is 7.21. The Kier molecular flexibility index (Phi) is 3.20. The second kappa shape index (κ2) is 5.32. The molecule has 2 aliphatic carbocycles. The van der Waals surface area contributed by atoms with Crippen molar-refractivity contribution in [1.29, 1.82) is 0 Å². The van der Waals surface area contributed by atoms with E-state index in [2.05, 4.69) is 35.3 Å². The SMILES string of the molecule is Cc1ccc2cc(C(=O)NC3C4CCN(CC4)C34CC4)sc2c1C1CC1. The van der Waals surface area contributed by atoms with Gasteiger partial charge in [0.15, 0.2) is 0 Å². The summed E-state index contributed by atoms with van der Waals surface area (Å²) in [6, 6.07) is 6.92. The summed E-state index contributed by atoms with van der Waals surface area (Å²) in [4.78, 5) is 16.7. The van der Waals surface area contributed by atoms with Crippen LogP contribution in [0.1, 0.15) is 65.2 Å². The van der Waals surface area contributed by atoms with Crippen molar-refractivity contribution >= 4 is 27.3 Å². The number of nitrogens with one attached hydrogen (secondary N) is 1. The molecule has 2 aromatic rings. The average Bonchev–Trinajstić information content (AvgIpc) is 3.57. The van der Waals surface area contributed by atoms with Crippen molar-refractivity contribution in [3.63, 3.8) is 0 Å². The van der Waals surface area contributed by atoms with Crippen LogP contribution in [0.5, 0.6) is 0 Å². The molecule has 1 atom stereocenters. The van der Waals surface area contributed by atoms with E-state index < -0.39 is 0 Å². The van der Waals surface area contributed by atoms with E-state index in [4.69, 9.17) is 0 Å². The molecule has 3 nitrogen and oxygen atoms in total. The van der Waals surface area contributed by atoms with Crippen molar-refractivity contribution in [3.8, 4) is 0 Å². The van der Waals surface area contributed by atoms with Crippen molar-refractivity contribution in [2.75, 3.05) is 13.1 Å². The van der Waals surface area contributed by atoms with Gasteiger partial charge >= 0.3 is 0 Å². The molecule has 7 rings (SSSR count). The summed E-state index contributed by atoms with van der Waals surface area (Å²) in [6.07, 6.45) is 7.66. The van der Waals surface area contributed by atoms with Gasteiger partial charge in [0.1, 0.15) is 0 Å². The summed E-state index contributed by atoms with van der Waals surface area (Å²) in [5, 5.41) is 4.74. The van der Waals surface area contributed by atoms with Gasteiger partial charge in [0.2, 0.25) is 0 Å². The minimum Gasteiger partial charge on any atom is -0.346 e. The molecule has 3 saturated heterocycles.